The summed E-state index contributed by atoms with van der Waals surface area (Å²) in [5.41, 5.74) is 1.10. The third-order valence-electron chi connectivity index (χ3n) is 3.22. The molecule has 1 aromatic carbocycles. The highest BCUT2D eigenvalue weighted by Gasteiger charge is 2.18. The van der Waals surface area contributed by atoms with Crippen molar-refractivity contribution in [3.05, 3.63) is 57.6 Å². The Hall–Kier alpha value is -1.62. The Morgan fingerprint density at radius 3 is 2.41 bits per heavy atom. The molecule has 22 heavy (non-hydrogen) atoms. The average Bonchev–Trinajstić information content (AvgIpc) is 2.57. The van der Waals surface area contributed by atoms with E-state index in [4.69, 9.17) is 0 Å². The van der Waals surface area contributed by atoms with Gasteiger partial charge in [-0.2, -0.15) is 4.98 Å². The number of nitrogens with zero attached hydrogens (tertiary/aromatic N) is 2. The average molecular weight is 367 g/mol. The molecule has 0 bridgehead atoms. The van der Waals surface area contributed by atoms with Gasteiger partial charge in [0.05, 0.1) is 16.9 Å². The number of alkyl halides is 1. The van der Waals surface area contributed by atoms with E-state index in [2.05, 4.69) is 20.9 Å². The van der Waals surface area contributed by atoms with Crippen molar-refractivity contribution < 1.29 is 5.11 Å². The van der Waals surface area contributed by atoms with E-state index in [1.54, 1.807) is 11.5 Å². The molecule has 4 nitrogen and oxygen atoms in total. The predicted molar refractivity (Wildman–Crippen MR) is 93.7 cm³/mol. The SMILES string of the molecule is CC.CCC(Br)c1nc(O)c(C)c(=O)n1Cc1ccccc1. The summed E-state index contributed by atoms with van der Waals surface area (Å²) in [7, 11) is 0. The van der Waals surface area contributed by atoms with Crippen LogP contribution in [0, 0.1) is 6.92 Å². The Bertz CT molecular complexity index is 654. The largest absolute Gasteiger partial charge is 0.493 e. The van der Waals surface area contributed by atoms with Gasteiger partial charge in [0, 0.05) is 0 Å². The summed E-state index contributed by atoms with van der Waals surface area (Å²) >= 11 is 3.51. The lowest BCUT2D eigenvalue weighted by atomic mass is 10.2. The van der Waals surface area contributed by atoms with Crippen molar-refractivity contribution >= 4 is 15.9 Å². The molecule has 0 saturated carbocycles. The number of hydrogen-bond acceptors (Lipinski definition) is 3. The molecule has 120 valence electrons. The Morgan fingerprint density at radius 1 is 1.27 bits per heavy atom. The molecule has 5 heteroatoms. The number of benzene rings is 1. The second-order valence-electron chi connectivity index (χ2n) is 4.67. The Balaban J connectivity index is 0.00000116. The Labute approximate surface area is 140 Å². The van der Waals surface area contributed by atoms with Gasteiger partial charge in [0.15, 0.2) is 0 Å². The van der Waals surface area contributed by atoms with Crippen molar-refractivity contribution in [3.63, 3.8) is 0 Å². The normalized spacial score (nSPS) is 11.5. The first-order chi connectivity index (χ1) is 10.5. The summed E-state index contributed by atoms with van der Waals surface area (Å²) in [6, 6.07) is 9.74. The van der Waals surface area contributed by atoms with Gasteiger partial charge >= 0.3 is 0 Å². The van der Waals surface area contributed by atoms with E-state index in [0.717, 1.165) is 12.0 Å². The first kappa shape index (κ1) is 18.4. The lowest BCUT2D eigenvalue weighted by molar-refractivity contribution is 0.435. The molecular formula is C17H23BrN2O2. The number of aromatic nitrogens is 2. The highest BCUT2D eigenvalue weighted by atomic mass is 79.9. The third kappa shape index (κ3) is 4.19. The van der Waals surface area contributed by atoms with Gasteiger partial charge < -0.3 is 5.11 Å². The molecule has 0 fully saturated rings. The minimum absolute atomic E-state index is 0.0644. The zero-order valence-corrected chi connectivity index (χ0v) is 15.1. The van der Waals surface area contributed by atoms with Gasteiger partial charge in [-0.05, 0) is 18.9 Å². The first-order valence-corrected chi connectivity index (χ1v) is 8.44. The van der Waals surface area contributed by atoms with Crippen LogP contribution in [0.25, 0.3) is 0 Å². The molecule has 1 unspecified atom stereocenters. The smallest absolute Gasteiger partial charge is 0.260 e. The van der Waals surface area contributed by atoms with Crippen molar-refractivity contribution in [1.82, 2.24) is 9.55 Å². The molecule has 0 radical (unpaired) electrons. The van der Waals surface area contributed by atoms with E-state index in [1.807, 2.05) is 51.1 Å². The van der Waals surface area contributed by atoms with Gasteiger partial charge in [0.1, 0.15) is 5.82 Å². The molecule has 1 heterocycles. The van der Waals surface area contributed by atoms with E-state index in [1.165, 1.54) is 0 Å². The molecule has 0 aliphatic heterocycles. The van der Waals surface area contributed by atoms with Crippen LogP contribution in [0.3, 0.4) is 0 Å². The third-order valence-corrected chi connectivity index (χ3v) is 4.28. The lowest BCUT2D eigenvalue weighted by Crippen LogP contribution is -2.28. The summed E-state index contributed by atoms with van der Waals surface area (Å²) in [6.07, 6.45) is 0.781. The van der Waals surface area contributed by atoms with Gasteiger partial charge in [-0.1, -0.05) is 67.0 Å². The van der Waals surface area contributed by atoms with Crippen LogP contribution in [0.15, 0.2) is 35.1 Å². The molecule has 0 saturated heterocycles. The van der Waals surface area contributed by atoms with Crippen LogP contribution < -0.4 is 5.56 Å². The zero-order chi connectivity index (χ0) is 16.7. The molecule has 2 aromatic rings. The van der Waals surface area contributed by atoms with Crippen molar-refractivity contribution in [2.75, 3.05) is 0 Å². The molecule has 0 aliphatic rings. The summed E-state index contributed by atoms with van der Waals surface area (Å²) < 4.78 is 1.62. The van der Waals surface area contributed by atoms with Crippen LogP contribution in [0.4, 0.5) is 0 Å². The highest BCUT2D eigenvalue weighted by Crippen LogP contribution is 2.26. The number of rotatable bonds is 4. The fourth-order valence-corrected chi connectivity index (χ4v) is 2.34. The second-order valence-corrected chi connectivity index (χ2v) is 5.78. The monoisotopic (exact) mass is 366 g/mol. The van der Waals surface area contributed by atoms with E-state index in [0.29, 0.717) is 12.4 Å². The maximum Gasteiger partial charge on any atom is 0.260 e. The molecule has 1 aromatic heterocycles. The summed E-state index contributed by atoms with van der Waals surface area (Å²) in [5.74, 6) is 0.372. The fourth-order valence-electron chi connectivity index (χ4n) is 2.00. The molecule has 0 spiro atoms. The molecule has 1 atom stereocenters. The van der Waals surface area contributed by atoms with E-state index in [9.17, 15) is 9.90 Å². The number of halogens is 1. The highest BCUT2D eigenvalue weighted by molar-refractivity contribution is 9.09. The second kappa shape index (κ2) is 8.73. The van der Waals surface area contributed by atoms with E-state index >= 15 is 0 Å². The van der Waals surface area contributed by atoms with Crippen LogP contribution in [0.2, 0.25) is 0 Å². The molecular weight excluding hydrogens is 344 g/mol. The minimum Gasteiger partial charge on any atom is -0.493 e. The van der Waals surface area contributed by atoms with Gasteiger partial charge in [-0.15, -0.1) is 0 Å². The van der Waals surface area contributed by atoms with Gasteiger partial charge in [-0.25, -0.2) is 0 Å². The van der Waals surface area contributed by atoms with Crippen molar-refractivity contribution in [2.45, 2.75) is 45.5 Å². The zero-order valence-electron chi connectivity index (χ0n) is 13.5. The van der Waals surface area contributed by atoms with Gasteiger partial charge in [0.2, 0.25) is 5.88 Å². The fraction of sp³-hybridized carbons (Fsp3) is 0.412. The summed E-state index contributed by atoms with van der Waals surface area (Å²) in [5, 5.41) is 9.77. The van der Waals surface area contributed by atoms with E-state index < -0.39 is 0 Å². The van der Waals surface area contributed by atoms with Gasteiger partial charge in [-0.3, -0.25) is 9.36 Å². The van der Waals surface area contributed by atoms with Crippen LogP contribution in [0.1, 0.15) is 49.0 Å². The number of aromatic hydroxyl groups is 1. The Morgan fingerprint density at radius 2 is 1.86 bits per heavy atom. The van der Waals surface area contributed by atoms with Gasteiger partial charge in [0.25, 0.3) is 5.56 Å². The summed E-state index contributed by atoms with van der Waals surface area (Å²) in [4.78, 5) is 16.5. The first-order valence-electron chi connectivity index (χ1n) is 7.52. The minimum atomic E-state index is -0.200. The van der Waals surface area contributed by atoms with Crippen molar-refractivity contribution in [3.8, 4) is 5.88 Å². The maximum atomic E-state index is 12.4. The Kier molecular flexibility index (Phi) is 7.32. The lowest BCUT2D eigenvalue weighted by Gasteiger charge is -2.16. The predicted octanol–water partition coefficient (Wildman–Crippen LogP) is 4.18. The van der Waals surface area contributed by atoms with Crippen LogP contribution >= 0.6 is 15.9 Å². The molecule has 2 rings (SSSR count). The maximum absolute atomic E-state index is 12.4. The number of hydrogen-bond donors (Lipinski definition) is 1. The van der Waals surface area contributed by atoms with Crippen LogP contribution in [-0.4, -0.2) is 14.7 Å². The topological polar surface area (TPSA) is 55.1 Å². The van der Waals surface area contributed by atoms with E-state index in [-0.39, 0.29) is 21.8 Å². The molecule has 0 amide bonds. The summed E-state index contributed by atoms with van der Waals surface area (Å²) in [6.45, 7) is 8.03. The molecule has 0 aliphatic carbocycles. The van der Waals surface area contributed by atoms with Crippen molar-refractivity contribution in [1.29, 1.82) is 0 Å². The van der Waals surface area contributed by atoms with Crippen molar-refractivity contribution in [2.24, 2.45) is 0 Å². The van der Waals surface area contributed by atoms with Crippen LogP contribution in [-0.2, 0) is 6.54 Å². The van der Waals surface area contributed by atoms with Crippen LogP contribution in [0.5, 0.6) is 5.88 Å². The molecule has 1 N–H and O–H groups in total. The quantitative estimate of drug-likeness (QED) is 0.825. The standard InChI is InChI=1S/C15H17BrN2O2.C2H6/c1-3-12(16)13-17-14(19)10(2)15(20)18(13)9-11-7-5-4-6-8-11;1-2/h4-8,12,19H,3,9H2,1-2H3;1-2H3.